The van der Waals surface area contributed by atoms with Crippen LogP contribution in [0.3, 0.4) is 0 Å². The Bertz CT molecular complexity index is 363. The van der Waals surface area contributed by atoms with E-state index in [0.29, 0.717) is 0 Å². The highest BCUT2D eigenvalue weighted by molar-refractivity contribution is 9.10. The summed E-state index contributed by atoms with van der Waals surface area (Å²) in [6.07, 6.45) is 3.49. The van der Waals surface area contributed by atoms with E-state index < -0.39 is 5.54 Å². The van der Waals surface area contributed by atoms with E-state index >= 15 is 0 Å². The second-order valence-corrected chi connectivity index (χ2v) is 4.32. The van der Waals surface area contributed by atoms with Crippen LogP contribution in [0.15, 0.2) is 10.8 Å². The number of carbonyl (C=O) groups excluding carboxylic acids is 1. The Morgan fingerprint density at radius 2 is 2.36 bits per heavy atom. The van der Waals surface area contributed by atoms with Gasteiger partial charge in [-0.25, -0.2) is 4.79 Å². The van der Waals surface area contributed by atoms with Gasteiger partial charge in [0.2, 0.25) is 0 Å². The minimum Gasteiger partial charge on any atom is -0.467 e. The van der Waals surface area contributed by atoms with E-state index in [1.165, 1.54) is 7.11 Å². The largest absolute Gasteiger partial charge is 0.467 e. The molecular weight excluding hydrogens is 248 g/mol. The number of hydrogen-bond donors (Lipinski definition) is 0. The molecule has 0 N–H and O–H groups in total. The van der Waals surface area contributed by atoms with Crippen molar-refractivity contribution in [2.45, 2.75) is 25.3 Å². The third kappa shape index (κ3) is 1.27. The fraction of sp³-hybridized carbons (Fsp3) is 0.556. The first-order valence-corrected chi connectivity index (χ1v) is 5.20. The molecule has 1 fully saturated rings. The molecule has 1 aliphatic carbocycles. The summed E-state index contributed by atoms with van der Waals surface area (Å²) in [7, 11) is 1.41. The average molecular weight is 259 g/mol. The molecule has 0 spiro atoms. The molecule has 0 bridgehead atoms. The molecule has 5 heteroatoms. The van der Waals surface area contributed by atoms with E-state index in [4.69, 9.17) is 4.74 Å². The highest BCUT2D eigenvalue weighted by Crippen LogP contribution is 2.44. The van der Waals surface area contributed by atoms with Gasteiger partial charge in [0.1, 0.15) is 4.60 Å². The summed E-state index contributed by atoms with van der Waals surface area (Å²) in [5, 5.41) is 4.25. The number of aryl methyl sites for hydroxylation is 1. The number of methoxy groups -OCH3 is 1. The van der Waals surface area contributed by atoms with Gasteiger partial charge < -0.3 is 4.74 Å². The zero-order valence-electron chi connectivity index (χ0n) is 8.08. The Labute approximate surface area is 90.4 Å². The van der Waals surface area contributed by atoms with Crippen molar-refractivity contribution in [3.05, 3.63) is 16.4 Å². The maximum Gasteiger partial charge on any atom is 0.333 e. The Kier molecular flexibility index (Phi) is 2.14. The van der Waals surface area contributed by atoms with Gasteiger partial charge in [0, 0.05) is 11.8 Å². The lowest BCUT2D eigenvalue weighted by atomic mass is 10.3. The van der Waals surface area contributed by atoms with Crippen molar-refractivity contribution in [3.8, 4) is 0 Å². The minimum absolute atomic E-state index is 0.201. The molecule has 0 radical (unpaired) electrons. The van der Waals surface area contributed by atoms with Crippen molar-refractivity contribution in [2.75, 3.05) is 7.11 Å². The molecule has 0 amide bonds. The van der Waals surface area contributed by atoms with Crippen LogP contribution in [0.1, 0.15) is 18.4 Å². The van der Waals surface area contributed by atoms with Crippen LogP contribution in [0, 0.1) is 6.92 Å². The van der Waals surface area contributed by atoms with Crippen molar-refractivity contribution in [1.82, 2.24) is 9.78 Å². The molecule has 1 aromatic heterocycles. The van der Waals surface area contributed by atoms with Crippen LogP contribution in [0.5, 0.6) is 0 Å². The van der Waals surface area contributed by atoms with Crippen LogP contribution >= 0.6 is 15.9 Å². The molecule has 0 atom stereocenters. The van der Waals surface area contributed by atoms with E-state index in [1.807, 2.05) is 13.1 Å². The number of nitrogens with zero attached hydrogens (tertiary/aromatic N) is 2. The molecular formula is C9H11BrN2O2. The van der Waals surface area contributed by atoms with Gasteiger partial charge in [0.25, 0.3) is 0 Å². The van der Waals surface area contributed by atoms with Gasteiger partial charge >= 0.3 is 5.97 Å². The Balaban J connectivity index is 2.35. The lowest BCUT2D eigenvalue weighted by Crippen LogP contribution is -2.29. The number of carbonyl (C=O) groups is 1. The second-order valence-electron chi connectivity index (χ2n) is 3.57. The summed E-state index contributed by atoms with van der Waals surface area (Å²) in [6.45, 7) is 1.95. The van der Waals surface area contributed by atoms with Gasteiger partial charge in [-0.1, -0.05) is 0 Å². The summed E-state index contributed by atoms with van der Waals surface area (Å²) in [4.78, 5) is 11.5. The van der Waals surface area contributed by atoms with E-state index in [1.54, 1.807) is 4.68 Å². The number of halogens is 1. The topological polar surface area (TPSA) is 44.1 Å². The van der Waals surface area contributed by atoms with Crippen LogP contribution in [-0.2, 0) is 15.1 Å². The van der Waals surface area contributed by atoms with Gasteiger partial charge in [-0.3, -0.25) is 4.68 Å². The summed E-state index contributed by atoms with van der Waals surface area (Å²) in [6, 6.07) is 0. The van der Waals surface area contributed by atoms with E-state index in [2.05, 4.69) is 21.0 Å². The molecule has 1 heterocycles. The van der Waals surface area contributed by atoms with Gasteiger partial charge in [-0.05, 0) is 35.7 Å². The van der Waals surface area contributed by atoms with Crippen molar-refractivity contribution in [3.63, 3.8) is 0 Å². The highest BCUT2D eigenvalue weighted by Gasteiger charge is 2.54. The lowest BCUT2D eigenvalue weighted by molar-refractivity contribution is -0.146. The zero-order chi connectivity index (χ0) is 10.3. The summed E-state index contributed by atoms with van der Waals surface area (Å²) in [5.41, 5.74) is 0.506. The van der Waals surface area contributed by atoms with Crippen molar-refractivity contribution in [2.24, 2.45) is 0 Å². The summed E-state index contributed by atoms with van der Waals surface area (Å²) in [5.74, 6) is -0.201. The third-order valence-corrected chi connectivity index (χ3v) is 3.35. The Morgan fingerprint density at radius 1 is 1.71 bits per heavy atom. The SMILES string of the molecule is COC(=O)C1(n2cc(C)c(Br)n2)CC1. The van der Waals surface area contributed by atoms with Crippen LogP contribution in [-0.4, -0.2) is 22.9 Å². The van der Waals surface area contributed by atoms with E-state index in [9.17, 15) is 4.79 Å². The molecule has 0 aliphatic heterocycles. The minimum atomic E-state index is -0.522. The molecule has 0 saturated heterocycles. The van der Waals surface area contributed by atoms with Crippen LogP contribution < -0.4 is 0 Å². The summed E-state index contributed by atoms with van der Waals surface area (Å²) < 4.78 is 7.26. The van der Waals surface area contributed by atoms with Crippen LogP contribution in [0.2, 0.25) is 0 Å². The first-order chi connectivity index (χ1) is 6.60. The number of ether oxygens (including phenoxy) is 1. The van der Waals surface area contributed by atoms with Crippen LogP contribution in [0.25, 0.3) is 0 Å². The smallest absolute Gasteiger partial charge is 0.333 e. The number of hydrogen-bond acceptors (Lipinski definition) is 3. The van der Waals surface area contributed by atoms with Gasteiger partial charge in [0.05, 0.1) is 7.11 Å². The van der Waals surface area contributed by atoms with Gasteiger partial charge in [-0.2, -0.15) is 5.10 Å². The predicted octanol–water partition coefficient (Wildman–Crippen LogP) is 1.62. The fourth-order valence-corrected chi connectivity index (χ4v) is 1.77. The maximum absolute atomic E-state index is 11.5. The molecule has 14 heavy (non-hydrogen) atoms. The Hall–Kier alpha value is -0.840. The molecule has 0 aromatic carbocycles. The van der Waals surface area contributed by atoms with E-state index in [0.717, 1.165) is 23.0 Å². The normalized spacial score (nSPS) is 17.9. The standard InChI is InChI=1S/C9H11BrN2O2/c1-6-5-12(11-7(6)10)9(3-4-9)8(13)14-2/h5H,3-4H2,1-2H3. The maximum atomic E-state index is 11.5. The predicted molar refractivity (Wildman–Crippen MR) is 53.9 cm³/mol. The molecule has 76 valence electrons. The third-order valence-electron chi connectivity index (χ3n) is 2.56. The lowest BCUT2D eigenvalue weighted by Gasteiger charge is -2.12. The molecule has 1 aromatic rings. The molecule has 2 rings (SSSR count). The zero-order valence-corrected chi connectivity index (χ0v) is 9.67. The number of aromatic nitrogens is 2. The molecule has 1 aliphatic rings. The quantitative estimate of drug-likeness (QED) is 0.758. The molecule has 0 unspecified atom stereocenters. The van der Waals surface area contributed by atoms with Crippen LogP contribution in [0.4, 0.5) is 0 Å². The van der Waals surface area contributed by atoms with Gasteiger partial charge in [-0.15, -0.1) is 0 Å². The average Bonchev–Trinajstić information content (AvgIpc) is 2.90. The fourth-order valence-electron chi connectivity index (χ4n) is 1.49. The second kappa shape index (κ2) is 3.08. The van der Waals surface area contributed by atoms with E-state index in [-0.39, 0.29) is 5.97 Å². The van der Waals surface area contributed by atoms with Crippen molar-refractivity contribution < 1.29 is 9.53 Å². The van der Waals surface area contributed by atoms with Crippen molar-refractivity contribution >= 4 is 21.9 Å². The highest BCUT2D eigenvalue weighted by atomic mass is 79.9. The first kappa shape index (κ1) is 9.71. The van der Waals surface area contributed by atoms with Gasteiger partial charge in [0.15, 0.2) is 5.54 Å². The number of rotatable bonds is 2. The molecule has 1 saturated carbocycles. The summed E-state index contributed by atoms with van der Waals surface area (Å²) >= 11 is 3.32. The monoisotopic (exact) mass is 258 g/mol. The number of esters is 1. The first-order valence-electron chi connectivity index (χ1n) is 4.41. The Morgan fingerprint density at radius 3 is 2.71 bits per heavy atom. The van der Waals surface area contributed by atoms with Crippen molar-refractivity contribution in [1.29, 1.82) is 0 Å². The molecule has 4 nitrogen and oxygen atoms in total.